The van der Waals surface area contributed by atoms with Gasteiger partial charge in [0.25, 0.3) is 0 Å². The topological polar surface area (TPSA) is 58.4 Å². The Morgan fingerprint density at radius 3 is 2.55 bits per heavy atom. The van der Waals surface area contributed by atoms with Crippen molar-refractivity contribution in [3.63, 3.8) is 0 Å². The maximum atomic E-state index is 12.6. The monoisotopic (exact) mass is 287 g/mol. The van der Waals surface area contributed by atoms with Gasteiger partial charge in [0, 0.05) is 24.8 Å². The lowest BCUT2D eigenvalue weighted by Crippen LogP contribution is -2.44. The van der Waals surface area contributed by atoms with E-state index >= 15 is 0 Å². The molecule has 0 saturated carbocycles. The number of alkyl halides is 3. The number of benzene rings is 1. The summed E-state index contributed by atoms with van der Waals surface area (Å²) in [6.07, 6.45) is -3.01. The molecule has 1 aliphatic rings. The molecule has 2 rings (SSSR count). The summed E-state index contributed by atoms with van der Waals surface area (Å²) in [5.74, 6) is 0. The van der Waals surface area contributed by atoms with Gasteiger partial charge in [-0.2, -0.15) is 13.2 Å². The molecule has 110 valence electrons. The summed E-state index contributed by atoms with van der Waals surface area (Å²) in [6.45, 7) is 1.04. The summed E-state index contributed by atoms with van der Waals surface area (Å²) in [4.78, 5) is 13.5. The van der Waals surface area contributed by atoms with E-state index in [1.54, 1.807) is 4.90 Å². The van der Waals surface area contributed by atoms with Gasteiger partial charge in [0.1, 0.15) is 0 Å². The first kappa shape index (κ1) is 14.6. The van der Waals surface area contributed by atoms with Gasteiger partial charge >= 0.3 is 12.2 Å². The second-order valence-electron chi connectivity index (χ2n) is 4.83. The van der Waals surface area contributed by atoms with E-state index in [4.69, 9.17) is 5.73 Å². The Hall–Kier alpha value is -1.76. The Bertz CT molecular complexity index is 482. The number of amides is 2. The third-order valence-corrected chi connectivity index (χ3v) is 3.27. The van der Waals surface area contributed by atoms with Crippen LogP contribution in [0.4, 0.5) is 23.7 Å². The second kappa shape index (κ2) is 5.70. The molecule has 0 atom stereocenters. The number of nitrogens with zero attached hydrogens (tertiary/aromatic N) is 1. The Morgan fingerprint density at radius 2 is 1.95 bits per heavy atom. The smallest absolute Gasteiger partial charge is 0.328 e. The van der Waals surface area contributed by atoms with Crippen molar-refractivity contribution < 1.29 is 18.0 Å². The van der Waals surface area contributed by atoms with Crippen molar-refractivity contribution in [3.8, 4) is 0 Å². The lowest BCUT2D eigenvalue weighted by atomic mass is 10.1. The highest BCUT2D eigenvalue weighted by Crippen LogP contribution is 2.30. The van der Waals surface area contributed by atoms with E-state index in [9.17, 15) is 18.0 Å². The largest absolute Gasteiger partial charge is 0.416 e. The van der Waals surface area contributed by atoms with Crippen molar-refractivity contribution in [1.82, 2.24) is 4.90 Å². The van der Waals surface area contributed by atoms with Crippen LogP contribution >= 0.6 is 0 Å². The van der Waals surface area contributed by atoms with Gasteiger partial charge in [0.05, 0.1) is 5.56 Å². The lowest BCUT2D eigenvalue weighted by molar-refractivity contribution is -0.137. The van der Waals surface area contributed by atoms with Crippen LogP contribution in [0.3, 0.4) is 0 Å². The average Bonchev–Trinajstić information content (AvgIpc) is 2.38. The van der Waals surface area contributed by atoms with Crippen LogP contribution in [0.15, 0.2) is 24.3 Å². The van der Waals surface area contributed by atoms with Gasteiger partial charge in [-0.05, 0) is 31.0 Å². The zero-order valence-corrected chi connectivity index (χ0v) is 10.8. The van der Waals surface area contributed by atoms with Crippen LogP contribution in [0.25, 0.3) is 0 Å². The number of likely N-dealkylation sites (tertiary alicyclic amines) is 1. The zero-order chi connectivity index (χ0) is 14.8. The third-order valence-electron chi connectivity index (χ3n) is 3.27. The molecule has 20 heavy (non-hydrogen) atoms. The SMILES string of the molecule is NC1CCN(C(=O)Nc2cccc(C(F)(F)F)c2)CC1. The van der Waals surface area contributed by atoms with E-state index in [-0.39, 0.29) is 11.7 Å². The van der Waals surface area contributed by atoms with E-state index in [2.05, 4.69) is 5.32 Å². The Labute approximate surface area is 114 Å². The fraction of sp³-hybridized carbons (Fsp3) is 0.462. The molecule has 1 fully saturated rings. The number of piperidine rings is 1. The van der Waals surface area contributed by atoms with Crippen molar-refractivity contribution >= 4 is 11.7 Å². The van der Waals surface area contributed by atoms with E-state index in [1.165, 1.54) is 12.1 Å². The molecule has 7 heteroatoms. The third kappa shape index (κ3) is 3.63. The predicted molar refractivity (Wildman–Crippen MR) is 69.2 cm³/mol. The lowest BCUT2D eigenvalue weighted by Gasteiger charge is -2.30. The highest BCUT2D eigenvalue weighted by atomic mass is 19.4. The molecule has 0 spiro atoms. The zero-order valence-electron chi connectivity index (χ0n) is 10.8. The van der Waals surface area contributed by atoms with E-state index in [0.29, 0.717) is 25.9 Å². The summed E-state index contributed by atoms with van der Waals surface area (Å²) in [5, 5.41) is 2.49. The van der Waals surface area contributed by atoms with Crippen LogP contribution in [0.1, 0.15) is 18.4 Å². The van der Waals surface area contributed by atoms with Crippen molar-refractivity contribution in [2.24, 2.45) is 5.73 Å². The van der Waals surface area contributed by atoms with Crippen molar-refractivity contribution in [2.75, 3.05) is 18.4 Å². The van der Waals surface area contributed by atoms with Crippen LogP contribution < -0.4 is 11.1 Å². The summed E-state index contributed by atoms with van der Waals surface area (Å²) >= 11 is 0. The van der Waals surface area contributed by atoms with Gasteiger partial charge in [-0.1, -0.05) is 6.07 Å². The normalized spacial score (nSPS) is 17.1. The molecule has 1 aliphatic heterocycles. The Morgan fingerprint density at radius 1 is 1.30 bits per heavy atom. The van der Waals surface area contributed by atoms with Crippen molar-refractivity contribution in [1.29, 1.82) is 0 Å². The average molecular weight is 287 g/mol. The maximum Gasteiger partial charge on any atom is 0.416 e. The summed E-state index contributed by atoms with van der Waals surface area (Å²) < 4.78 is 37.7. The van der Waals surface area contributed by atoms with Crippen LogP contribution in [-0.4, -0.2) is 30.1 Å². The summed E-state index contributed by atoms with van der Waals surface area (Å²) in [7, 11) is 0. The molecule has 0 radical (unpaired) electrons. The number of anilines is 1. The minimum absolute atomic E-state index is 0.0904. The number of hydrogen-bond acceptors (Lipinski definition) is 2. The first-order valence-electron chi connectivity index (χ1n) is 6.35. The van der Waals surface area contributed by atoms with Gasteiger partial charge in [0.2, 0.25) is 0 Å². The van der Waals surface area contributed by atoms with E-state index < -0.39 is 17.8 Å². The van der Waals surface area contributed by atoms with Gasteiger partial charge < -0.3 is 16.0 Å². The number of halogens is 3. The molecular formula is C13H16F3N3O. The maximum absolute atomic E-state index is 12.6. The van der Waals surface area contributed by atoms with Crippen LogP contribution in [0.5, 0.6) is 0 Å². The molecule has 0 aromatic heterocycles. The molecule has 0 aliphatic carbocycles. The first-order chi connectivity index (χ1) is 9.36. The number of carbonyl (C=O) groups is 1. The highest BCUT2D eigenvalue weighted by Gasteiger charge is 2.30. The number of nitrogens with one attached hydrogen (secondary N) is 1. The number of hydrogen-bond donors (Lipinski definition) is 2. The Kier molecular flexibility index (Phi) is 4.17. The minimum Gasteiger partial charge on any atom is -0.328 e. The molecule has 0 bridgehead atoms. The van der Waals surface area contributed by atoms with Gasteiger partial charge in [-0.3, -0.25) is 0 Å². The fourth-order valence-corrected chi connectivity index (χ4v) is 2.08. The molecule has 1 saturated heterocycles. The summed E-state index contributed by atoms with van der Waals surface area (Å²) in [6, 6.07) is 4.29. The van der Waals surface area contributed by atoms with Gasteiger partial charge in [0.15, 0.2) is 0 Å². The number of nitrogens with two attached hydrogens (primary N) is 1. The van der Waals surface area contributed by atoms with E-state index in [0.717, 1.165) is 12.1 Å². The second-order valence-corrected chi connectivity index (χ2v) is 4.83. The number of carbonyl (C=O) groups excluding carboxylic acids is 1. The van der Waals surface area contributed by atoms with E-state index in [1.807, 2.05) is 0 Å². The molecule has 2 amide bonds. The van der Waals surface area contributed by atoms with Crippen molar-refractivity contribution in [3.05, 3.63) is 29.8 Å². The van der Waals surface area contributed by atoms with Gasteiger partial charge in [-0.15, -0.1) is 0 Å². The number of rotatable bonds is 1. The summed E-state index contributed by atoms with van der Waals surface area (Å²) in [5.41, 5.74) is 5.09. The molecule has 1 aromatic rings. The van der Waals surface area contributed by atoms with Crippen LogP contribution in [0, 0.1) is 0 Å². The number of urea groups is 1. The van der Waals surface area contributed by atoms with Gasteiger partial charge in [-0.25, -0.2) is 4.79 Å². The fourth-order valence-electron chi connectivity index (χ4n) is 2.08. The van der Waals surface area contributed by atoms with Crippen molar-refractivity contribution in [2.45, 2.75) is 25.1 Å². The molecule has 4 nitrogen and oxygen atoms in total. The van der Waals surface area contributed by atoms with Crippen LogP contribution in [0.2, 0.25) is 0 Å². The quantitative estimate of drug-likeness (QED) is 0.834. The highest BCUT2D eigenvalue weighted by molar-refractivity contribution is 5.89. The molecular weight excluding hydrogens is 271 g/mol. The standard InChI is InChI=1S/C13H16F3N3O/c14-13(15,16)9-2-1-3-11(8-9)18-12(20)19-6-4-10(17)5-7-19/h1-3,8,10H,4-7,17H2,(H,18,20). The molecule has 1 aromatic carbocycles. The van der Waals surface area contributed by atoms with Crippen LogP contribution in [-0.2, 0) is 6.18 Å². The Balaban J connectivity index is 2.01. The molecule has 1 heterocycles. The minimum atomic E-state index is -4.42. The molecule has 0 unspecified atom stereocenters. The predicted octanol–water partition coefficient (Wildman–Crippen LogP) is 2.66. The molecule has 3 N–H and O–H groups in total. The first-order valence-corrected chi connectivity index (χ1v) is 6.35.